The van der Waals surface area contributed by atoms with Gasteiger partial charge < -0.3 is 5.32 Å². The van der Waals surface area contributed by atoms with Crippen molar-refractivity contribution in [2.24, 2.45) is 0 Å². The van der Waals surface area contributed by atoms with Gasteiger partial charge in [0.05, 0.1) is 12.1 Å². The fourth-order valence-electron chi connectivity index (χ4n) is 2.03. The Morgan fingerprint density at radius 1 is 1.41 bits per heavy atom. The van der Waals surface area contributed by atoms with E-state index in [1.807, 2.05) is 19.2 Å². The number of alkyl halides is 3. The van der Waals surface area contributed by atoms with Crippen LogP contribution in [0.25, 0.3) is 5.65 Å². The predicted octanol–water partition coefficient (Wildman–Crippen LogP) is 2.43. The van der Waals surface area contributed by atoms with Crippen molar-refractivity contribution in [2.45, 2.75) is 38.8 Å². The monoisotopic (exact) mass is 314 g/mol. The summed E-state index contributed by atoms with van der Waals surface area (Å²) in [4.78, 5) is 15.5. The van der Waals surface area contributed by atoms with Crippen LogP contribution in [0.15, 0.2) is 18.5 Å². The number of aryl methyl sites for hydroxylation is 2. The molecule has 0 bridgehead atoms. The third-order valence-corrected chi connectivity index (χ3v) is 3.09. The van der Waals surface area contributed by atoms with Crippen molar-refractivity contribution >= 4 is 11.6 Å². The van der Waals surface area contributed by atoms with Crippen molar-refractivity contribution in [3.8, 4) is 0 Å². The van der Waals surface area contributed by atoms with Crippen LogP contribution in [-0.2, 0) is 11.2 Å². The van der Waals surface area contributed by atoms with E-state index in [4.69, 9.17) is 0 Å². The van der Waals surface area contributed by atoms with E-state index in [2.05, 4.69) is 15.4 Å². The van der Waals surface area contributed by atoms with Gasteiger partial charge in [0.25, 0.3) is 0 Å². The number of halogens is 3. The summed E-state index contributed by atoms with van der Waals surface area (Å²) in [5.74, 6) is -0.575. The molecule has 5 nitrogen and oxygen atoms in total. The lowest BCUT2D eigenvalue weighted by Gasteiger charge is -2.07. The van der Waals surface area contributed by atoms with Crippen LogP contribution in [0, 0.1) is 6.92 Å². The Morgan fingerprint density at radius 3 is 2.91 bits per heavy atom. The first kappa shape index (κ1) is 16.3. The largest absolute Gasteiger partial charge is 0.389 e. The quantitative estimate of drug-likeness (QED) is 0.833. The van der Waals surface area contributed by atoms with Gasteiger partial charge in [0.2, 0.25) is 5.91 Å². The second kappa shape index (κ2) is 6.76. The standard InChI is InChI=1S/C14H17F3N4O/c1-10-7-12-19-8-11(9-21(12)20-10)3-2-6-18-13(22)4-5-14(15,16)17/h7-9H,2-6H2,1H3,(H,18,22). The summed E-state index contributed by atoms with van der Waals surface area (Å²) < 4.78 is 37.6. The Kier molecular flexibility index (Phi) is 4.99. The molecular weight excluding hydrogens is 297 g/mol. The minimum Gasteiger partial charge on any atom is -0.356 e. The number of aromatic nitrogens is 3. The normalized spacial score (nSPS) is 11.8. The van der Waals surface area contributed by atoms with E-state index < -0.39 is 24.9 Å². The van der Waals surface area contributed by atoms with E-state index >= 15 is 0 Å². The molecule has 0 saturated heterocycles. The van der Waals surface area contributed by atoms with Gasteiger partial charge in [-0.25, -0.2) is 9.50 Å². The van der Waals surface area contributed by atoms with Crippen LogP contribution in [0.2, 0.25) is 0 Å². The molecule has 0 unspecified atom stereocenters. The summed E-state index contributed by atoms with van der Waals surface area (Å²) in [6, 6.07) is 1.87. The Morgan fingerprint density at radius 2 is 2.18 bits per heavy atom. The second-order valence-electron chi connectivity index (χ2n) is 5.12. The molecule has 0 fully saturated rings. The lowest BCUT2D eigenvalue weighted by molar-refractivity contribution is -0.144. The highest BCUT2D eigenvalue weighted by atomic mass is 19.4. The molecule has 22 heavy (non-hydrogen) atoms. The van der Waals surface area contributed by atoms with Gasteiger partial charge in [0.1, 0.15) is 0 Å². The minimum atomic E-state index is -4.29. The van der Waals surface area contributed by atoms with E-state index in [9.17, 15) is 18.0 Å². The SMILES string of the molecule is Cc1cc2ncc(CCCNC(=O)CCC(F)(F)F)cn2n1. The number of nitrogens with zero attached hydrogens (tertiary/aromatic N) is 3. The molecule has 2 aromatic rings. The minimum absolute atomic E-state index is 0.340. The van der Waals surface area contributed by atoms with Gasteiger partial charge in [0, 0.05) is 31.4 Å². The maximum atomic E-state index is 12.0. The Labute approximate surface area is 125 Å². The molecule has 0 aliphatic carbocycles. The molecular formula is C14H17F3N4O. The van der Waals surface area contributed by atoms with Crippen molar-refractivity contribution in [3.05, 3.63) is 29.7 Å². The fraction of sp³-hybridized carbons (Fsp3) is 0.500. The number of carbonyl (C=O) groups is 1. The third-order valence-electron chi connectivity index (χ3n) is 3.09. The first-order valence-corrected chi connectivity index (χ1v) is 6.98. The predicted molar refractivity (Wildman–Crippen MR) is 74.3 cm³/mol. The first-order valence-electron chi connectivity index (χ1n) is 6.98. The molecule has 0 aromatic carbocycles. The Bertz CT molecular complexity index is 651. The first-order chi connectivity index (χ1) is 10.3. The van der Waals surface area contributed by atoms with E-state index in [1.165, 1.54) is 0 Å². The van der Waals surface area contributed by atoms with Gasteiger partial charge in [-0.1, -0.05) is 0 Å². The van der Waals surface area contributed by atoms with Gasteiger partial charge in [-0.05, 0) is 25.3 Å². The number of hydrogen-bond donors (Lipinski definition) is 1. The van der Waals surface area contributed by atoms with E-state index in [1.54, 1.807) is 10.7 Å². The summed E-state index contributed by atoms with van der Waals surface area (Å²) in [6.45, 7) is 2.22. The number of amides is 1. The van der Waals surface area contributed by atoms with Crippen LogP contribution in [-0.4, -0.2) is 33.2 Å². The number of hydrogen-bond acceptors (Lipinski definition) is 3. The molecule has 1 N–H and O–H groups in total. The number of nitrogens with one attached hydrogen (secondary N) is 1. The summed E-state index contributed by atoms with van der Waals surface area (Å²) >= 11 is 0. The number of rotatable bonds is 6. The van der Waals surface area contributed by atoms with Gasteiger partial charge in [0.15, 0.2) is 5.65 Å². The highest BCUT2D eigenvalue weighted by Gasteiger charge is 2.27. The van der Waals surface area contributed by atoms with Crippen molar-refractivity contribution in [2.75, 3.05) is 6.54 Å². The van der Waals surface area contributed by atoms with Gasteiger partial charge in [-0.2, -0.15) is 18.3 Å². The molecule has 0 aliphatic heterocycles. The topological polar surface area (TPSA) is 59.3 Å². The summed E-state index contributed by atoms with van der Waals surface area (Å²) in [6.07, 6.45) is -1.00. The van der Waals surface area contributed by atoms with Crippen LogP contribution in [0.4, 0.5) is 13.2 Å². The lowest BCUT2D eigenvalue weighted by atomic mass is 10.2. The zero-order valence-corrected chi connectivity index (χ0v) is 12.2. The average Bonchev–Trinajstić information content (AvgIpc) is 2.80. The molecule has 2 rings (SSSR count). The average molecular weight is 314 g/mol. The molecule has 1 amide bonds. The van der Waals surface area contributed by atoms with Crippen LogP contribution in [0.5, 0.6) is 0 Å². The molecule has 120 valence electrons. The molecule has 2 aromatic heterocycles. The number of fused-ring (bicyclic) bond motifs is 1. The Balaban J connectivity index is 1.72. The number of carbonyl (C=O) groups excluding carboxylic acids is 1. The van der Waals surface area contributed by atoms with Gasteiger partial charge in [-0.3, -0.25) is 4.79 Å². The molecule has 0 spiro atoms. The maximum absolute atomic E-state index is 12.0. The van der Waals surface area contributed by atoms with Crippen molar-refractivity contribution in [1.29, 1.82) is 0 Å². The molecule has 0 atom stereocenters. The summed E-state index contributed by atoms with van der Waals surface area (Å²) in [5.41, 5.74) is 2.60. The van der Waals surface area contributed by atoms with Crippen molar-refractivity contribution in [3.63, 3.8) is 0 Å². The maximum Gasteiger partial charge on any atom is 0.389 e. The smallest absolute Gasteiger partial charge is 0.356 e. The van der Waals surface area contributed by atoms with Gasteiger partial charge >= 0.3 is 6.18 Å². The van der Waals surface area contributed by atoms with E-state index in [-0.39, 0.29) is 0 Å². The molecule has 2 heterocycles. The van der Waals surface area contributed by atoms with E-state index in [0.717, 1.165) is 16.9 Å². The second-order valence-corrected chi connectivity index (χ2v) is 5.12. The Hall–Kier alpha value is -2.12. The van der Waals surface area contributed by atoms with Crippen molar-refractivity contribution < 1.29 is 18.0 Å². The molecule has 0 radical (unpaired) electrons. The summed E-state index contributed by atoms with van der Waals surface area (Å²) in [5, 5.41) is 6.74. The molecule has 8 heteroatoms. The molecule has 0 aliphatic rings. The highest BCUT2D eigenvalue weighted by Crippen LogP contribution is 2.20. The van der Waals surface area contributed by atoms with Crippen LogP contribution in [0.1, 0.15) is 30.5 Å². The lowest BCUT2D eigenvalue weighted by Crippen LogP contribution is -2.26. The fourth-order valence-corrected chi connectivity index (χ4v) is 2.03. The van der Waals surface area contributed by atoms with Gasteiger partial charge in [-0.15, -0.1) is 0 Å². The van der Waals surface area contributed by atoms with E-state index in [0.29, 0.717) is 19.4 Å². The zero-order chi connectivity index (χ0) is 16.2. The van der Waals surface area contributed by atoms with Crippen molar-refractivity contribution in [1.82, 2.24) is 19.9 Å². The van der Waals surface area contributed by atoms with Crippen LogP contribution in [0.3, 0.4) is 0 Å². The van der Waals surface area contributed by atoms with Crippen LogP contribution >= 0.6 is 0 Å². The third kappa shape index (κ3) is 5.01. The summed E-state index contributed by atoms with van der Waals surface area (Å²) in [7, 11) is 0. The van der Waals surface area contributed by atoms with Crippen LogP contribution < -0.4 is 5.32 Å². The zero-order valence-electron chi connectivity index (χ0n) is 12.2. The molecule has 0 saturated carbocycles. The highest BCUT2D eigenvalue weighted by molar-refractivity contribution is 5.75.